The molecule has 1 atom stereocenters. The minimum Gasteiger partial charge on any atom is -0.396 e. The van der Waals surface area contributed by atoms with E-state index in [9.17, 15) is 0 Å². The third kappa shape index (κ3) is 2.07. The van der Waals surface area contributed by atoms with Crippen LogP contribution < -0.4 is 10.2 Å². The summed E-state index contributed by atoms with van der Waals surface area (Å²) in [6.45, 7) is 4.37. The second-order valence-electron chi connectivity index (χ2n) is 4.02. The van der Waals surface area contributed by atoms with E-state index in [0.717, 1.165) is 19.5 Å². The maximum atomic E-state index is 8.89. The summed E-state index contributed by atoms with van der Waals surface area (Å²) in [6.07, 6.45) is 0.832. The van der Waals surface area contributed by atoms with Gasteiger partial charge in [0.25, 0.3) is 0 Å². The fourth-order valence-corrected chi connectivity index (χ4v) is 2.06. The Hall–Kier alpha value is -1.22. The van der Waals surface area contributed by atoms with Crippen molar-refractivity contribution in [1.29, 1.82) is 0 Å². The van der Waals surface area contributed by atoms with Gasteiger partial charge in [-0.25, -0.2) is 0 Å². The summed E-state index contributed by atoms with van der Waals surface area (Å²) in [6, 6.07) is 8.84. The summed E-state index contributed by atoms with van der Waals surface area (Å²) in [7, 11) is 0. The van der Waals surface area contributed by atoms with Gasteiger partial charge in [-0.15, -0.1) is 0 Å². The van der Waals surface area contributed by atoms with Crippen LogP contribution in [0.15, 0.2) is 24.3 Å². The Kier molecular flexibility index (Phi) is 3.11. The fraction of sp³-hybridized carbons (Fsp3) is 0.500. The third-order valence-corrected chi connectivity index (χ3v) is 2.89. The molecule has 1 aromatic carbocycles. The molecule has 2 rings (SSSR count). The minimum atomic E-state index is 0.263. The van der Waals surface area contributed by atoms with E-state index >= 15 is 0 Å². The molecule has 2 N–H and O–H groups in total. The van der Waals surface area contributed by atoms with Crippen molar-refractivity contribution in [1.82, 2.24) is 0 Å². The van der Waals surface area contributed by atoms with Crippen LogP contribution in [0.5, 0.6) is 0 Å². The number of aliphatic hydroxyl groups excluding tert-OH is 1. The summed E-state index contributed by atoms with van der Waals surface area (Å²) in [5, 5.41) is 12.3. The first-order chi connectivity index (χ1) is 7.33. The molecular formula is C12H18N2O. The van der Waals surface area contributed by atoms with E-state index in [1.807, 2.05) is 6.07 Å². The standard InChI is InChI=1S/C12H18N2O/c1-10-9-13-11-5-2-3-6-12(11)14(10)7-4-8-15/h2-3,5-6,10,13,15H,4,7-9H2,1H3. The van der Waals surface area contributed by atoms with Crippen LogP contribution in [0.2, 0.25) is 0 Å². The molecule has 1 aliphatic rings. The number of hydrogen-bond donors (Lipinski definition) is 2. The lowest BCUT2D eigenvalue weighted by molar-refractivity contribution is 0.288. The first-order valence-electron chi connectivity index (χ1n) is 5.53. The van der Waals surface area contributed by atoms with Gasteiger partial charge in [-0.3, -0.25) is 0 Å². The van der Waals surface area contributed by atoms with Crippen molar-refractivity contribution in [2.24, 2.45) is 0 Å². The molecule has 3 nitrogen and oxygen atoms in total. The number of aliphatic hydroxyl groups is 1. The van der Waals surface area contributed by atoms with Crippen LogP contribution in [0.25, 0.3) is 0 Å². The first kappa shape index (κ1) is 10.3. The van der Waals surface area contributed by atoms with E-state index in [1.165, 1.54) is 11.4 Å². The zero-order valence-corrected chi connectivity index (χ0v) is 9.11. The molecule has 0 fully saturated rings. The summed E-state index contributed by atoms with van der Waals surface area (Å²) >= 11 is 0. The number of nitrogens with one attached hydrogen (secondary N) is 1. The van der Waals surface area contributed by atoms with E-state index in [1.54, 1.807) is 0 Å². The zero-order chi connectivity index (χ0) is 10.7. The van der Waals surface area contributed by atoms with Gasteiger partial charge in [0.2, 0.25) is 0 Å². The average molecular weight is 206 g/mol. The van der Waals surface area contributed by atoms with Gasteiger partial charge in [0.05, 0.1) is 11.4 Å². The van der Waals surface area contributed by atoms with Crippen molar-refractivity contribution in [2.45, 2.75) is 19.4 Å². The highest BCUT2D eigenvalue weighted by Gasteiger charge is 2.21. The summed E-state index contributed by atoms with van der Waals surface area (Å²) in [5.74, 6) is 0. The van der Waals surface area contributed by atoms with Crippen LogP contribution in [-0.4, -0.2) is 30.8 Å². The maximum absolute atomic E-state index is 8.89. The molecule has 0 bridgehead atoms. The fourth-order valence-electron chi connectivity index (χ4n) is 2.06. The van der Waals surface area contributed by atoms with Crippen LogP contribution >= 0.6 is 0 Å². The molecule has 1 unspecified atom stereocenters. The molecule has 0 spiro atoms. The van der Waals surface area contributed by atoms with Crippen LogP contribution in [0.4, 0.5) is 11.4 Å². The first-order valence-corrected chi connectivity index (χ1v) is 5.53. The van der Waals surface area contributed by atoms with E-state index < -0.39 is 0 Å². The highest BCUT2D eigenvalue weighted by Crippen LogP contribution is 2.30. The Bertz CT molecular complexity index is 327. The molecule has 0 saturated heterocycles. The van der Waals surface area contributed by atoms with Gasteiger partial charge < -0.3 is 15.3 Å². The predicted octanol–water partition coefficient (Wildman–Crippen LogP) is 1.69. The molecule has 1 aliphatic heterocycles. The smallest absolute Gasteiger partial charge is 0.0605 e. The highest BCUT2D eigenvalue weighted by molar-refractivity contribution is 5.72. The van der Waals surface area contributed by atoms with E-state index in [-0.39, 0.29) is 6.61 Å². The third-order valence-electron chi connectivity index (χ3n) is 2.89. The van der Waals surface area contributed by atoms with Crippen LogP contribution in [0.1, 0.15) is 13.3 Å². The van der Waals surface area contributed by atoms with Crippen molar-refractivity contribution >= 4 is 11.4 Å². The molecule has 3 heteroatoms. The summed E-state index contributed by atoms with van der Waals surface area (Å²) < 4.78 is 0. The van der Waals surface area contributed by atoms with Crippen molar-refractivity contribution in [2.75, 3.05) is 29.9 Å². The number of para-hydroxylation sites is 2. The number of nitrogens with zero attached hydrogens (tertiary/aromatic N) is 1. The number of hydrogen-bond acceptors (Lipinski definition) is 3. The largest absolute Gasteiger partial charge is 0.396 e. The Morgan fingerprint density at radius 3 is 3.07 bits per heavy atom. The van der Waals surface area contributed by atoms with Crippen molar-refractivity contribution in [3.63, 3.8) is 0 Å². The molecule has 0 radical (unpaired) electrons. The van der Waals surface area contributed by atoms with Crippen LogP contribution in [-0.2, 0) is 0 Å². The van der Waals surface area contributed by atoms with Gasteiger partial charge in [-0.1, -0.05) is 12.1 Å². The Balaban J connectivity index is 2.21. The topological polar surface area (TPSA) is 35.5 Å². The second kappa shape index (κ2) is 4.53. The summed E-state index contributed by atoms with van der Waals surface area (Å²) in [5.41, 5.74) is 2.46. The summed E-state index contributed by atoms with van der Waals surface area (Å²) in [4.78, 5) is 2.36. The molecule has 15 heavy (non-hydrogen) atoms. The van der Waals surface area contributed by atoms with E-state index in [4.69, 9.17) is 5.11 Å². The Morgan fingerprint density at radius 1 is 1.47 bits per heavy atom. The lowest BCUT2D eigenvalue weighted by atomic mass is 10.1. The molecular weight excluding hydrogens is 188 g/mol. The van der Waals surface area contributed by atoms with Crippen LogP contribution in [0.3, 0.4) is 0 Å². The van der Waals surface area contributed by atoms with Gasteiger partial charge in [0, 0.05) is 25.7 Å². The molecule has 0 amide bonds. The lowest BCUT2D eigenvalue weighted by Crippen LogP contribution is -2.42. The van der Waals surface area contributed by atoms with Gasteiger partial charge in [0.1, 0.15) is 0 Å². The molecule has 0 saturated carbocycles. The number of fused-ring (bicyclic) bond motifs is 1. The van der Waals surface area contributed by atoms with Gasteiger partial charge in [0.15, 0.2) is 0 Å². The van der Waals surface area contributed by atoms with E-state index in [0.29, 0.717) is 6.04 Å². The quantitative estimate of drug-likeness (QED) is 0.790. The molecule has 0 aliphatic carbocycles. The monoisotopic (exact) mass is 206 g/mol. The lowest BCUT2D eigenvalue weighted by Gasteiger charge is -2.37. The van der Waals surface area contributed by atoms with Gasteiger partial charge in [-0.2, -0.15) is 0 Å². The Labute approximate surface area is 90.7 Å². The molecule has 1 aromatic rings. The van der Waals surface area contributed by atoms with Gasteiger partial charge in [-0.05, 0) is 25.5 Å². The van der Waals surface area contributed by atoms with Crippen molar-refractivity contribution < 1.29 is 5.11 Å². The number of benzene rings is 1. The number of rotatable bonds is 3. The number of anilines is 2. The Morgan fingerprint density at radius 2 is 2.27 bits per heavy atom. The molecule has 1 heterocycles. The van der Waals surface area contributed by atoms with E-state index in [2.05, 4.69) is 35.3 Å². The maximum Gasteiger partial charge on any atom is 0.0605 e. The van der Waals surface area contributed by atoms with Crippen molar-refractivity contribution in [3.8, 4) is 0 Å². The average Bonchev–Trinajstić information content (AvgIpc) is 2.28. The van der Waals surface area contributed by atoms with Crippen LogP contribution in [0, 0.1) is 0 Å². The minimum absolute atomic E-state index is 0.263. The molecule has 0 aromatic heterocycles. The predicted molar refractivity (Wildman–Crippen MR) is 63.4 cm³/mol. The second-order valence-corrected chi connectivity index (χ2v) is 4.02. The van der Waals surface area contributed by atoms with Gasteiger partial charge >= 0.3 is 0 Å². The van der Waals surface area contributed by atoms with Crippen molar-refractivity contribution in [3.05, 3.63) is 24.3 Å². The SMILES string of the molecule is CC1CNc2ccccc2N1CCCO. The zero-order valence-electron chi connectivity index (χ0n) is 9.11. The molecule has 82 valence electrons. The normalized spacial score (nSPS) is 19.6. The highest BCUT2D eigenvalue weighted by atomic mass is 16.3.